The van der Waals surface area contributed by atoms with Gasteiger partial charge in [0, 0.05) is 49.8 Å². The molecule has 2 aromatic heterocycles. The third-order valence-electron chi connectivity index (χ3n) is 11.7. The molecule has 0 unspecified atom stereocenters. The number of hydrogen-bond acceptors (Lipinski definition) is 6. The van der Waals surface area contributed by atoms with E-state index in [0.29, 0.717) is 23.0 Å². The molecule has 0 spiro atoms. The summed E-state index contributed by atoms with van der Waals surface area (Å²) in [5.41, 5.74) is 11.3. The maximum atomic E-state index is 15.2. The molecule has 9 aromatic rings. The Morgan fingerprint density at radius 2 is 0.951 bits per heavy atom. The Labute approximate surface area is 355 Å². The van der Waals surface area contributed by atoms with Gasteiger partial charge in [0.05, 0.1) is 17.3 Å². The molecule has 0 saturated carbocycles. The van der Waals surface area contributed by atoms with Crippen molar-refractivity contribution in [1.29, 1.82) is 5.26 Å². The molecule has 10 rings (SSSR count). The Bertz CT molecular complexity index is 3140. The van der Waals surface area contributed by atoms with Crippen molar-refractivity contribution < 1.29 is 4.57 Å². The average molecular weight is 804 g/mol. The molecular weight excluding hydrogens is 766 g/mol. The maximum absolute atomic E-state index is 15.2. The first-order chi connectivity index (χ1) is 29.8. The van der Waals surface area contributed by atoms with Gasteiger partial charge in [-0.2, -0.15) is 5.26 Å². The van der Waals surface area contributed by atoms with Gasteiger partial charge in [-0.25, -0.2) is 15.0 Å². The van der Waals surface area contributed by atoms with Crippen molar-refractivity contribution in [1.82, 2.24) is 19.9 Å². The summed E-state index contributed by atoms with van der Waals surface area (Å²) < 4.78 is 15.2. The third kappa shape index (κ3) is 6.76. The average Bonchev–Trinajstić information content (AvgIpc) is 3.56. The molecule has 290 valence electrons. The summed E-state index contributed by atoms with van der Waals surface area (Å²) in [5.74, 6) is 1.56. The van der Waals surface area contributed by atoms with E-state index in [2.05, 4.69) is 62.4 Å². The molecule has 0 fully saturated rings. The van der Waals surface area contributed by atoms with Gasteiger partial charge in [0.1, 0.15) is 0 Å². The Morgan fingerprint density at radius 3 is 1.56 bits per heavy atom. The van der Waals surface area contributed by atoms with Gasteiger partial charge >= 0.3 is 0 Å². The first-order valence-electron chi connectivity index (χ1n) is 20.2. The Morgan fingerprint density at radius 1 is 0.459 bits per heavy atom. The number of rotatable bonds is 8. The predicted molar refractivity (Wildman–Crippen MR) is 246 cm³/mol. The molecule has 0 amide bonds. The van der Waals surface area contributed by atoms with Crippen molar-refractivity contribution in [3.8, 4) is 73.7 Å². The number of benzene rings is 7. The van der Waals surface area contributed by atoms with Crippen LogP contribution < -0.4 is 15.9 Å². The van der Waals surface area contributed by atoms with E-state index in [9.17, 15) is 5.26 Å². The second-order valence-electron chi connectivity index (χ2n) is 15.8. The number of hydrogen-bond donors (Lipinski definition) is 0. The maximum Gasteiger partial charge on any atom is 0.171 e. The number of pyridine rings is 1. The standard InChI is InChI=1S/C54H38N5OP/c1-54(2)48-30-36(35-55)21-27-46(48)47-28-24-39(34-49(47)54)40-31-41(50-20-12-13-29-56-50)33-42(32-40)53-58-51(37-14-6-3-7-15-37)57-52(59-53)38-22-25-45(26-23-38)61(60,43-16-8-4-9-17-43)44-18-10-5-11-19-44/h3-34H,1-2H3. The minimum atomic E-state index is -3.18. The van der Waals surface area contributed by atoms with Gasteiger partial charge < -0.3 is 4.57 Å². The lowest BCUT2D eigenvalue weighted by Crippen LogP contribution is -2.24. The Balaban J connectivity index is 1.12. The van der Waals surface area contributed by atoms with E-state index in [4.69, 9.17) is 19.9 Å². The van der Waals surface area contributed by atoms with Gasteiger partial charge in [0.2, 0.25) is 0 Å². The van der Waals surface area contributed by atoms with Crippen LogP contribution in [0.1, 0.15) is 30.5 Å². The third-order valence-corrected chi connectivity index (χ3v) is 14.8. The molecular formula is C54H38N5OP. The van der Waals surface area contributed by atoms with Crippen LogP contribution in [0.4, 0.5) is 0 Å². The zero-order chi connectivity index (χ0) is 41.6. The van der Waals surface area contributed by atoms with E-state index in [1.807, 2.05) is 146 Å². The molecule has 0 radical (unpaired) electrons. The van der Waals surface area contributed by atoms with Crippen LogP contribution in [-0.2, 0) is 9.98 Å². The van der Waals surface area contributed by atoms with Crippen LogP contribution in [0, 0.1) is 11.3 Å². The molecule has 61 heavy (non-hydrogen) atoms. The molecule has 0 saturated heterocycles. The summed E-state index contributed by atoms with van der Waals surface area (Å²) in [6.45, 7) is 4.45. The lowest BCUT2D eigenvalue weighted by atomic mass is 9.81. The quantitative estimate of drug-likeness (QED) is 0.142. The summed E-state index contributed by atoms with van der Waals surface area (Å²) in [4.78, 5) is 20.1. The molecule has 0 N–H and O–H groups in total. The van der Waals surface area contributed by atoms with E-state index in [1.165, 1.54) is 11.1 Å². The van der Waals surface area contributed by atoms with Crippen LogP contribution in [0.2, 0.25) is 0 Å². The van der Waals surface area contributed by atoms with E-state index in [-0.39, 0.29) is 5.41 Å². The monoisotopic (exact) mass is 803 g/mol. The molecule has 7 aromatic carbocycles. The fourth-order valence-electron chi connectivity index (χ4n) is 8.49. The van der Waals surface area contributed by atoms with Crippen molar-refractivity contribution in [2.75, 3.05) is 0 Å². The van der Waals surface area contributed by atoms with Gasteiger partial charge in [-0.15, -0.1) is 0 Å². The molecule has 1 aliphatic rings. The van der Waals surface area contributed by atoms with Crippen LogP contribution >= 0.6 is 7.14 Å². The molecule has 0 atom stereocenters. The summed E-state index contributed by atoms with van der Waals surface area (Å²) in [6.07, 6.45) is 1.80. The zero-order valence-electron chi connectivity index (χ0n) is 33.6. The highest BCUT2D eigenvalue weighted by atomic mass is 31.2. The second kappa shape index (κ2) is 15.2. The van der Waals surface area contributed by atoms with Crippen LogP contribution in [-0.4, -0.2) is 19.9 Å². The van der Waals surface area contributed by atoms with E-state index >= 15 is 4.57 Å². The first kappa shape index (κ1) is 37.7. The Kier molecular flexibility index (Phi) is 9.40. The SMILES string of the molecule is CC1(C)c2cc(C#N)ccc2-c2ccc(-c3cc(-c4ccccn4)cc(-c4nc(-c5ccccc5)nc(-c5ccc(P(=O)(c6ccccc6)c6ccccc6)cc5)n4)c3)cc21. The zero-order valence-corrected chi connectivity index (χ0v) is 34.5. The van der Waals surface area contributed by atoms with Crippen LogP contribution in [0.5, 0.6) is 0 Å². The summed E-state index contributed by atoms with van der Waals surface area (Å²) in [5, 5.41) is 12.0. The van der Waals surface area contributed by atoms with Crippen LogP contribution in [0.25, 0.3) is 67.7 Å². The molecule has 2 heterocycles. The molecule has 0 bridgehead atoms. The van der Waals surface area contributed by atoms with E-state index in [0.717, 1.165) is 66.1 Å². The topological polar surface area (TPSA) is 92.4 Å². The number of nitrogens with zero attached hydrogens (tertiary/aromatic N) is 5. The van der Waals surface area contributed by atoms with Crippen molar-refractivity contribution in [2.24, 2.45) is 0 Å². The van der Waals surface area contributed by atoms with Crippen molar-refractivity contribution in [3.05, 3.63) is 211 Å². The van der Waals surface area contributed by atoms with Crippen molar-refractivity contribution in [3.63, 3.8) is 0 Å². The second-order valence-corrected chi connectivity index (χ2v) is 18.5. The lowest BCUT2D eigenvalue weighted by Gasteiger charge is -2.22. The molecule has 1 aliphatic carbocycles. The van der Waals surface area contributed by atoms with Gasteiger partial charge in [0.25, 0.3) is 0 Å². The number of fused-ring (bicyclic) bond motifs is 3. The summed E-state index contributed by atoms with van der Waals surface area (Å²) in [6, 6.07) is 64.4. The first-order valence-corrected chi connectivity index (χ1v) is 21.9. The van der Waals surface area contributed by atoms with Gasteiger partial charge in [-0.3, -0.25) is 4.98 Å². The summed E-state index contributed by atoms with van der Waals surface area (Å²) in [7, 11) is -3.18. The Hall–Kier alpha value is -7.58. The highest BCUT2D eigenvalue weighted by Gasteiger charge is 2.36. The van der Waals surface area contributed by atoms with Gasteiger partial charge in [0.15, 0.2) is 24.6 Å². The van der Waals surface area contributed by atoms with E-state index in [1.54, 1.807) is 6.20 Å². The van der Waals surface area contributed by atoms with Crippen molar-refractivity contribution >= 4 is 23.1 Å². The molecule has 6 nitrogen and oxygen atoms in total. The van der Waals surface area contributed by atoms with Crippen LogP contribution in [0.3, 0.4) is 0 Å². The van der Waals surface area contributed by atoms with Gasteiger partial charge in [-0.05, 0) is 81.9 Å². The smallest absolute Gasteiger partial charge is 0.171 e. The molecule has 7 heteroatoms. The minimum Gasteiger partial charge on any atom is -0.309 e. The molecule has 0 aliphatic heterocycles. The predicted octanol–water partition coefficient (Wildman–Crippen LogP) is 11.4. The van der Waals surface area contributed by atoms with E-state index < -0.39 is 7.14 Å². The highest BCUT2D eigenvalue weighted by molar-refractivity contribution is 7.85. The van der Waals surface area contributed by atoms with Gasteiger partial charge in [-0.1, -0.05) is 153 Å². The largest absolute Gasteiger partial charge is 0.309 e. The van der Waals surface area contributed by atoms with Crippen LogP contribution in [0.15, 0.2) is 194 Å². The fourth-order valence-corrected chi connectivity index (χ4v) is 11.1. The van der Waals surface area contributed by atoms with Crippen molar-refractivity contribution in [2.45, 2.75) is 19.3 Å². The lowest BCUT2D eigenvalue weighted by molar-refractivity contribution is 0.592. The highest BCUT2D eigenvalue weighted by Crippen LogP contribution is 2.50. The minimum absolute atomic E-state index is 0.297. The number of nitriles is 1. The fraction of sp³-hybridized carbons (Fsp3) is 0.0556. The summed E-state index contributed by atoms with van der Waals surface area (Å²) >= 11 is 0. The normalized spacial score (nSPS) is 12.6. The number of aromatic nitrogens is 4.